The van der Waals surface area contributed by atoms with Gasteiger partial charge in [-0.3, -0.25) is 10.1 Å². The number of rotatable bonds is 6. The average molecular weight is 421 g/mol. The second-order valence-electron chi connectivity index (χ2n) is 5.83. The molecule has 0 aliphatic rings. The quantitative estimate of drug-likeness (QED) is 0.669. The van der Waals surface area contributed by atoms with Crippen molar-refractivity contribution in [2.24, 2.45) is 0 Å². The minimum atomic E-state index is -0.552. The smallest absolute Gasteiger partial charge is 0.321 e. The molecular weight excluding hydrogens is 398 g/mol. The third kappa shape index (κ3) is 5.06. The molecule has 0 heterocycles. The molecule has 2 atom stereocenters. The number of hydrogen-bond donors (Lipinski definition) is 3. The largest absolute Gasteiger partial charge is 0.496 e. The molecule has 0 spiro atoms. The van der Waals surface area contributed by atoms with E-state index in [4.69, 9.17) is 4.74 Å². The van der Waals surface area contributed by atoms with Crippen LogP contribution in [0.25, 0.3) is 0 Å². The number of hydrogen-bond acceptors (Lipinski definition) is 3. The lowest BCUT2D eigenvalue weighted by atomic mass is 10.0. The van der Waals surface area contributed by atoms with Gasteiger partial charge in [-0.25, -0.2) is 4.79 Å². The molecule has 2 rings (SSSR count). The fourth-order valence-corrected chi connectivity index (χ4v) is 3.19. The number of quaternary nitrogens is 1. The minimum absolute atomic E-state index is 0.0159. The Bertz CT molecular complexity index is 768. The van der Waals surface area contributed by atoms with Crippen LogP contribution in [0.2, 0.25) is 0 Å². The highest BCUT2D eigenvalue weighted by molar-refractivity contribution is 9.10. The molecule has 0 saturated carbocycles. The van der Waals surface area contributed by atoms with Crippen molar-refractivity contribution in [3.63, 3.8) is 0 Å². The third-order valence-electron chi connectivity index (χ3n) is 4.09. The molecule has 2 aromatic carbocycles. The molecular formula is C19H23BrN3O3+. The summed E-state index contributed by atoms with van der Waals surface area (Å²) in [4.78, 5) is 24.2. The van der Waals surface area contributed by atoms with E-state index in [0.717, 1.165) is 21.3 Å². The van der Waals surface area contributed by atoms with Gasteiger partial charge in [-0.15, -0.1) is 0 Å². The number of imide groups is 1. The Morgan fingerprint density at radius 3 is 2.38 bits per heavy atom. The Morgan fingerprint density at radius 2 is 1.81 bits per heavy atom. The van der Waals surface area contributed by atoms with E-state index in [1.807, 2.05) is 60.8 Å². The average Bonchev–Trinajstić information content (AvgIpc) is 2.66. The normalized spacial score (nSPS) is 12.8. The van der Waals surface area contributed by atoms with Crippen molar-refractivity contribution in [1.29, 1.82) is 0 Å². The maximum absolute atomic E-state index is 12.6. The van der Waals surface area contributed by atoms with Gasteiger partial charge in [-0.1, -0.05) is 30.3 Å². The van der Waals surface area contributed by atoms with E-state index in [2.05, 4.69) is 26.6 Å². The van der Waals surface area contributed by atoms with Crippen LogP contribution < -0.4 is 20.7 Å². The van der Waals surface area contributed by atoms with Gasteiger partial charge in [0.05, 0.1) is 11.6 Å². The number of nitrogens with two attached hydrogens (primary N) is 1. The molecule has 26 heavy (non-hydrogen) atoms. The van der Waals surface area contributed by atoms with Gasteiger partial charge in [0.15, 0.2) is 6.04 Å². The van der Waals surface area contributed by atoms with Crippen molar-refractivity contribution in [2.45, 2.75) is 19.0 Å². The second kappa shape index (κ2) is 9.35. The lowest BCUT2D eigenvalue weighted by Crippen LogP contribution is -2.88. The molecule has 0 aromatic heterocycles. The van der Waals surface area contributed by atoms with Crippen LogP contribution in [-0.2, 0) is 4.79 Å². The zero-order valence-corrected chi connectivity index (χ0v) is 16.5. The molecule has 0 unspecified atom stereocenters. The van der Waals surface area contributed by atoms with Gasteiger partial charge in [0.2, 0.25) is 0 Å². The molecule has 0 saturated heterocycles. The zero-order valence-electron chi connectivity index (χ0n) is 15.0. The molecule has 6 nitrogen and oxygen atoms in total. The predicted molar refractivity (Wildman–Crippen MR) is 103 cm³/mol. The van der Waals surface area contributed by atoms with Gasteiger partial charge in [-0.2, -0.15) is 0 Å². The van der Waals surface area contributed by atoms with Crippen LogP contribution in [0.3, 0.4) is 0 Å². The van der Waals surface area contributed by atoms with Crippen LogP contribution in [-0.4, -0.2) is 26.1 Å². The molecule has 4 N–H and O–H groups in total. The summed E-state index contributed by atoms with van der Waals surface area (Å²) in [7, 11) is 3.09. The number of nitrogens with one attached hydrogen (secondary N) is 2. The highest BCUT2D eigenvalue weighted by Gasteiger charge is 2.28. The van der Waals surface area contributed by atoms with Crippen molar-refractivity contribution >= 4 is 27.9 Å². The SMILES string of the molecule is CNC(=O)NC(=O)[C@@H]([NH2+][C@H](C)c1ccc(OC)c(Br)c1)c1ccccc1. The first-order valence-electron chi connectivity index (χ1n) is 8.22. The number of halogens is 1. The zero-order chi connectivity index (χ0) is 19.1. The second-order valence-corrected chi connectivity index (χ2v) is 6.69. The summed E-state index contributed by atoms with van der Waals surface area (Å²) in [6.07, 6.45) is 0. The molecule has 0 fully saturated rings. The monoisotopic (exact) mass is 420 g/mol. The third-order valence-corrected chi connectivity index (χ3v) is 4.71. The van der Waals surface area contributed by atoms with Crippen molar-refractivity contribution in [1.82, 2.24) is 10.6 Å². The topological polar surface area (TPSA) is 84.0 Å². The number of carbonyl (C=O) groups excluding carboxylic acids is 2. The van der Waals surface area contributed by atoms with Crippen LogP contribution in [0.15, 0.2) is 53.0 Å². The Balaban J connectivity index is 2.24. The lowest BCUT2D eigenvalue weighted by molar-refractivity contribution is -0.719. The van der Waals surface area contributed by atoms with Crippen molar-refractivity contribution in [3.05, 3.63) is 64.1 Å². The fourth-order valence-electron chi connectivity index (χ4n) is 2.63. The fraction of sp³-hybridized carbons (Fsp3) is 0.263. The Morgan fingerprint density at radius 1 is 1.12 bits per heavy atom. The summed E-state index contributed by atoms with van der Waals surface area (Å²) in [5.41, 5.74) is 1.86. The van der Waals surface area contributed by atoms with Gasteiger partial charge in [0.1, 0.15) is 11.8 Å². The summed E-state index contributed by atoms with van der Waals surface area (Å²) in [5.74, 6) is 0.382. The van der Waals surface area contributed by atoms with Crippen LogP contribution in [0, 0.1) is 0 Å². The summed E-state index contributed by atoms with van der Waals surface area (Å²) in [6, 6.07) is 14.1. The lowest BCUT2D eigenvalue weighted by Gasteiger charge is -2.20. The number of carbonyl (C=O) groups is 2. The molecule has 2 aromatic rings. The number of urea groups is 1. The van der Waals surface area contributed by atoms with Gasteiger partial charge in [0.25, 0.3) is 5.91 Å². The van der Waals surface area contributed by atoms with E-state index in [1.54, 1.807) is 7.11 Å². The Kier molecular flexibility index (Phi) is 7.17. The molecule has 0 aliphatic heterocycles. The first kappa shape index (κ1) is 19.9. The molecule has 138 valence electrons. The predicted octanol–water partition coefficient (Wildman–Crippen LogP) is 2.28. The maximum Gasteiger partial charge on any atom is 0.321 e. The molecule has 7 heteroatoms. The Hall–Kier alpha value is -2.38. The maximum atomic E-state index is 12.6. The molecule has 0 radical (unpaired) electrons. The van der Waals surface area contributed by atoms with E-state index in [9.17, 15) is 9.59 Å². The van der Waals surface area contributed by atoms with Crippen LogP contribution in [0.1, 0.15) is 30.1 Å². The number of benzene rings is 2. The molecule has 0 bridgehead atoms. The van der Waals surface area contributed by atoms with Crippen molar-refractivity contribution in [3.8, 4) is 5.75 Å². The summed E-state index contributed by atoms with van der Waals surface area (Å²) < 4.78 is 6.11. The summed E-state index contributed by atoms with van der Waals surface area (Å²) >= 11 is 3.49. The van der Waals surface area contributed by atoms with Gasteiger partial charge >= 0.3 is 6.03 Å². The first-order chi connectivity index (χ1) is 12.5. The summed E-state index contributed by atoms with van der Waals surface area (Å²) in [6.45, 7) is 2.01. The number of ether oxygens (including phenoxy) is 1. The van der Waals surface area contributed by atoms with E-state index in [-0.39, 0.29) is 11.9 Å². The molecule has 0 aliphatic carbocycles. The standard InChI is InChI=1S/C19H22BrN3O3/c1-12(14-9-10-16(26-3)15(20)11-14)22-17(13-7-5-4-6-8-13)18(24)23-19(25)21-2/h4-12,17,22H,1-3H3,(H2,21,23,24,25)/p+1/t12-,17+/m1/s1. The molecule has 3 amide bonds. The van der Waals surface area contributed by atoms with E-state index >= 15 is 0 Å². The van der Waals surface area contributed by atoms with Gasteiger partial charge in [0, 0.05) is 18.2 Å². The summed E-state index contributed by atoms with van der Waals surface area (Å²) in [5, 5.41) is 6.70. The highest BCUT2D eigenvalue weighted by atomic mass is 79.9. The van der Waals surface area contributed by atoms with E-state index in [0.29, 0.717) is 0 Å². The number of methoxy groups -OCH3 is 1. The first-order valence-corrected chi connectivity index (χ1v) is 9.01. The van der Waals surface area contributed by atoms with Crippen LogP contribution >= 0.6 is 15.9 Å². The van der Waals surface area contributed by atoms with Crippen LogP contribution in [0.4, 0.5) is 4.79 Å². The van der Waals surface area contributed by atoms with Crippen LogP contribution in [0.5, 0.6) is 5.75 Å². The Labute approximate surface area is 161 Å². The highest BCUT2D eigenvalue weighted by Crippen LogP contribution is 2.27. The van der Waals surface area contributed by atoms with E-state index < -0.39 is 12.1 Å². The number of amides is 3. The van der Waals surface area contributed by atoms with Gasteiger partial charge < -0.3 is 15.4 Å². The van der Waals surface area contributed by atoms with E-state index in [1.165, 1.54) is 7.05 Å². The minimum Gasteiger partial charge on any atom is -0.496 e. The van der Waals surface area contributed by atoms with Crippen molar-refractivity contribution < 1.29 is 19.6 Å². The van der Waals surface area contributed by atoms with Gasteiger partial charge in [-0.05, 0) is 41.1 Å². The van der Waals surface area contributed by atoms with Crippen molar-refractivity contribution in [2.75, 3.05) is 14.2 Å².